The molecule has 1 aromatic carbocycles. The van der Waals surface area contributed by atoms with Gasteiger partial charge < -0.3 is 10.6 Å². The molecular weight excluding hydrogens is 220 g/mol. The lowest BCUT2D eigenvalue weighted by Gasteiger charge is -2.48. The van der Waals surface area contributed by atoms with Crippen LogP contribution in [0.5, 0.6) is 0 Å². The van der Waals surface area contributed by atoms with E-state index in [-0.39, 0.29) is 5.54 Å². The molecule has 0 aromatic heterocycles. The van der Waals surface area contributed by atoms with E-state index in [1.165, 1.54) is 30.5 Å². The summed E-state index contributed by atoms with van der Waals surface area (Å²) < 4.78 is 0. The number of aryl methyl sites for hydroxylation is 1. The van der Waals surface area contributed by atoms with Gasteiger partial charge in [0, 0.05) is 17.8 Å². The van der Waals surface area contributed by atoms with E-state index in [9.17, 15) is 0 Å². The zero-order valence-electron chi connectivity index (χ0n) is 11.9. The second kappa shape index (κ2) is 5.31. The largest absolute Gasteiger partial charge is 0.366 e. The highest BCUT2D eigenvalue weighted by Gasteiger charge is 2.34. The molecule has 2 N–H and O–H groups in total. The average molecular weight is 246 g/mol. The number of para-hydroxylation sites is 1. The Balaban J connectivity index is 2.18. The van der Waals surface area contributed by atoms with Crippen molar-refractivity contribution >= 4 is 5.69 Å². The zero-order chi connectivity index (χ0) is 13.2. The van der Waals surface area contributed by atoms with Crippen LogP contribution in [0.1, 0.15) is 38.7 Å². The topological polar surface area (TPSA) is 29.3 Å². The summed E-state index contributed by atoms with van der Waals surface area (Å²) in [5.41, 5.74) is 8.72. The number of anilines is 1. The predicted octanol–water partition coefficient (Wildman–Crippen LogP) is 3.34. The van der Waals surface area contributed by atoms with Gasteiger partial charge in [0.25, 0.3) is 0 Å². The first-order valence-corrected chi connectivity index (χ1v) is 7.08. The number of hydrogen-bond acceptors (Lipinski definition) is 2. The highest BCUT2D eigenvalue weighted by molar-refractivity contribution is 5.55. The van der Waals surface area contributed by atoms with Gasteiger partial charge in [0.2, 0.25) is 0 Å². The van der Waals surface area contributed by atoms with Crippen molar-refractivity contribution in [2.24, 2.45) is 11.7 Å². The van der Waals surface area contributed by atoms with Gasteiger partial charge in [0.1, 0.15) is 0 Å². The van der Waals surface area contributed by atoms with Crippen LogP contribution in [0.25, 0.3) is 0 Å². The molecule has 2 heteroatoms. The van der Waals surface area contributed by atoms with Gasteiger partial charge in [-0.2, -0.15) is 0 Å². The molecule has 0 spiro atoms. The van der Waals surface area contributed by atoms with Gasteiger partial charge in [-0.25, -0.2) is 0 Å². The Bertz CT molecular complexity index is 398. The van der Waals surface area contributed by atoms with Crippen LogP contribution < -0.4 is 10.6 Å². The number of nitrogens with two attached hydrogens (primary N) is 1. The molecule has 2 rings (SSSR count). The van der Waals surface area contributed by atoms with E-state index < -0.39 is 0 Å². The standard InChI is InChI=1S/C16H26N2/c1-13-6-4-5-7-15(13)18-11-9-14(8-10-17)12-16(18,2)3/h4-7,14H,8-12,17H2,1-3H3. The van der Waals surface area contributed by atoms with E-state index in [0.717, 1.165) is 19.0 Å². The molecule has 1 unspecified atom stereocenters. The van der Waals surface area contributed by atoms with E-state index >= 15 is 0 Å². The van der Waals surface area contributed by atoms with Gasteiger partial charge in [-0.05, 0) is 64.1 Å². The Hall–Kier alpha value is -1.02. The van der Waals surface area contributed by atoms with Crippen molar-refractivity contribution in [1.29, 1.82) is 0 Å². The summed E-state index contributed by atoms with van der Waals surface area (Å²) in [5, 5.41) is 0. The van der Waals surface area contributed by atoms with Crippen molar-refractivity contribution in [1.82, 2.24) is 0 Å². The lowest BCUT2D eigenvalue weighted by Crippen LogP contribution is -2.50. The van der Waals surface area contributed by atoms with E-state index in [1.54, 1.807) is 0 Å². The van der Waals surface area contributed by atoms with Crippen LogP contribution in [-0.2, 0) is 0 Å². The smallest absolute Gasteiger partial charge is 0.0400 e. The van der Waals surface area contributed by atoms with E-state index in [0.29, 0.717) is 0 Å². The maximum absolute atomic E-state index is 5.70. The van der Waals surface area contributed by atoms with Crippen LogP contribution in [0, 0.1) is 12.8 Å². The lowest BCUT2D eigenvalue weighted by atomic mass is 9.80. The summed E-state index contributed by atoms with van der Waals surface area (Å²) in [6, 6.07) is 8.72. The van der Waals surface area contributed by atoms with Crippen LogP contribution in [0.4, 0.5) is 5.69 Å². The Kier molecular flexibility index (Phi) is 3.96. The monoisotopic (exact) mass is 246 g/mol. The normalized spacial score (nSPS) is 23.1. The van der Waals surface area contributed by atoms with E-state index in [1.807, 2.05) is 0 Å². The van der Waals surface area contributed by atoms with Gasteiger partial charge in [-0.1, -0.05) is 18.2 Å². The van der Waals surface area contributed by atoms with Gasteiger partial charge in [0.15, 0.2) is 0 Å². The summed E-state index contributed by atoms with van der Waals surface area (Å²) >= 11 is 0. The van der Waals surface area contributed by atoms with Crippen molar-refractivity contribution in [2.45, 2.75) is 45.6 Å². The number of hydrogen-bond donors (Lipinski definition) is 1. The van der Waals surface area contributed by atoms with Gasteiger partial charge in [0.05, 0.1) is 0 Å². The van der Waals surface area contributed by atoms with Crippen LogP contribution >= 0.6 is 0 Å². The van der Waals surface area contributed by atoms with Crippen molar-refractivity contribution in [3.05, 3.63) is 29.8 Å². The average Bonchev–Trinajstić information content (AvgIpc) is 2.30. The van der Waals surface area contributed by atoms with Crippen molar-refractivity contribution in [3.63, 3.8) is 0 Å². The second-order valence-corrected chi connectivity index (χ2v) is 6.19. The highest BCUT2D eigenvalue weighted by atomic mass is 15.2. The molecule has 100 valence electrons. The molecule has 0 saturated carbocycles. The quantitative estimate of drug-likeness (QED) is 0.886. The summed E-state index contributed by atoms with van der Waals surface area (Å²) in [6.45, 7) is 8.91. The SMILES string of the molecule is Cc1ccccc1N1CCC(CCN)CC1(C)C. The molecule has 0 radical (unpaired) electrons. The molecule has 2 nitrogen and oxygen atoms in total. The molecule has 0 aliphatic carbocycles. The Morgan fingerprint density at radius 1 is 1.33 bits per heavy atom. The van der Waals surface area contributed by atoms with Gasteiger partial charge in [-0.15, -0.1) is 0 Å². The first-order valence-electron chi connectivity index (χ1n) is 7.08. The Morgan fingerprint density at radius 3 is 2.67 bits per heavy atom. The van der Waals surface area contributed by atoms with Gasteiger partial charge >= 0.3 is 0 Å². The van der Waals surface area contributed by atoms with Crippen molar-refractivity contribution < 1.29 is 0 Å². The van der Waals surface area contributed by atoms with E-state index in [4.69, 9.17) is 5.73 Å². The molecule has 0 amide bonds. The number of rotatable bonds is 3. The fourth-order valence-electron chi connectivity index (χ4n) is 3.33. The molecule has 18 heavy (non-hydrogen) atoms. The molecule has 1 fully saturated rings. The Labute approximate surface area is 111 Å². The maximum atomic E-state index is 5.70. The molecule has 1 aromatic rings. The summed E-state index contributed by atoms with van der Waals surface area (Å²) in [5.74, 6) is 0.797. The van der Waals surface area contributed by atoms with Crippen LogP contribution in [0.15, 0.2) is 24.3 Å². The second-order valence-electron chi connectivity index (χ2n) is 6.19. The molecule has 0 bridgehead atoms. The number of benzene rings is 1. The third-order valence-corrected chi connectivity index (χ3v) is 4.26. The van der Waals surface area contributed by atoms with E-state index in [2.05, 4.69) is 49.9 Å². The number of piperidine rings is 1. The third-order valence-electron chi connectivity index (χ3n) is 4.26. The van der Waals surface area contributed by atoms with Crippen molar-refractivity contribution in [3.8, 4) is 0 Å². The van der Waals surface area contributed by atoms with Crippen LogP contribution in [0.3, 0.4) is 0 Å². The first kappa shape index (κ1) is 13.4. The molecule has 1 atom stereocenters. The minimum atomic E-state index is 0.240. The van der Waals surface area contributed by atoms with Gasteiger partial charge in [-0.3, -0.25) is 0 Å². The fraction of sp³-hybridized carbons (Fsp3) is 0.625. The van der Waals surface area contributed by atoms with Crippen LogP contribution in [-0.4, -0.2) is 18.6 Å². The van der Waals surface area contributed by atoms with Crippen LogP contribution in [0.2, 0.25) is 0 Å². The summed E-state index contributed by atoms with van der Waals surface area (Å²) in [4.78, 5) is 2.58. The van der Waals surface area contributed by atoms with Crippen molar-refractivity contribution in [2.75, 3.05) is 18.0 Å². The molecule has 1 heterocycles. The summed E-state index contributed by atoms with van der Waals surface area (Å²) in [6.07, 6.45) is 3.69. The highest BCUT2D eigenvalue weighted by Crippen LogP contribution is 2.37. The lowest BCUT2D eigenvalue weighted by molar-refractivity contribution is 0.264. The Morgan fingerprint density at radius 2 is 2.06 bits per heavy atom. The maximum Gasteiger partial charge on any atom is 0.0400 e. The minimum Gasteiger partial charge on any atom is -0.366 e. The molecular formula is C16H26N2. The zero-order valence-corrected chi connectivity index (χ0v) is 11.9. The first-order chi connectivity index (χ1) is 8.54. The summed E-state index contributed by atoms with van der Waals surface area (Å²) in [7, 11) is 0. The number of nitrogens with zero attached hydrogens (tertiary/aromatic N) is 1. The molecule has 1 aliphatic heterocycles. The molecule has 1 saturated heterocycles. The predicted molar refractivity (Wildman–Crippen MR) is 79.0 cm³/mol. The molecule has 1 aliphatic rings. The third kappa shape index (κ3) is 2.69. The fourth-order valence-corrected chi connectivity index (χ4v) is 3.33. The minimum absolute atomic E-state index is 0.240.